The number of amides is 6. The molecule has 11 atom stereocenters. The minimum Gasteiger partial charge on any atom is -0.467 e. The number of alkyl carbamates (subject to hydrolysis) is 1. The summed E-state index contributed by atoms with van der Waals surface area (Å²) in [7, 11) is 5.64. The molecule has 0 saturated heterocycles. The van der Waals surface area contributed by atoms with Crippen molar-refractivity contribution in [2.24, 2.45) is 53.3 Å². The first kappa shape index (κ1) is 75.3. The summed E-state index contributed by atoms with van der Waals surface area (Å²) in [4.78, 5) is 156. The molecule has 0 rings (SSSR count). The quantitative estimate of drug-likeness (QED) is 0.0313. The minimum atomic E-state index is -1.27. The van der Waals surface area contributed by atoms with Gasteiger partial charge in [-0.25, -0.2) is 9.59 Å². The molecule has 0 radical (unpaired) electrons. The first-order valence-corrected chi connectivity index (χ1v) is 29.1. The molecule has 0 aromatic carbocycles. The van der Waals surface area contributed by atoms with Gasteiger partial charge in [-0.2, -0.15) is 0 Å². The lowest BCUT2D eigenvalue weighted by Crippen LogP contribution is -2.55. The predicted octanol–water partition coefficient (Wildman–Crippen LogP) is 7.66. The Morgan fingerprint density at radius 1 is 0.593 bits per heavy atom. The van der Waals surface area contributed by atoms with E-state index in [0.29, 0.717) is 6.42 Å². The maximum absolute atomic E-state index is 14.8. The van der Waals surface area contributed by atoms with Crippen molar-refractivity contribution in [3.8, 4) is 0 Å². The van der Waals surface area contributed by atoms with Crippen LogP contribution in [0.15, 0.2) is 12.2 Å². The summed E-state index contributed by atoms with van der Waals surface area (Å²) in [5.74, 6) is -10.2. The fourth-order valence-corrected chi connectivity index (χ4v) is 10.0. The second kappa shape index (κ2) is 35.3. The number of carbonyl (C=O) groups is 11. The standard InChI is InChI=1S/C61H106N6O14/c1-24-26-27-39(13)53(80-42(16)68)44(55(73)63-45(25-2)59(77)79-23)33-50(71)52(38(11)12)67(22)57(75)43(28-34(3)4)32-49(70)47(30-36(7)8)65(20)56(74)41(15)62-54(72)40(14)31-48(69)46(29-35(5)6)66(21)58(76)51(37(9)10)64-60(78)81-61(17,18)19/h24,26,34-41,43-47,51-53H,25,27-33H2,1-23H3,(H,62,72)(H,63,73)(H,64,78)/b26-24+/t39-,40-,41-,43-,44+,45+,46+,47+,51+,52+,53-/m1/s1. The summed E-state index contributed by atoms with van der Waals surface area (Å²) in [6.07, 6.45) is 2.11. The van der Waals surface area contributed by atoms with E-state index < -0.39 is 143 Å². The summed E-state index contributed by atoms with van der Waals surface area (Å²) >= 11 is 0. The highest BCUT2D eigenvalue weighted by Crippen LogP contribution is 2.30. The molecule has 0 aromatic rings. The van der Waals surface area contributed by atoms with E-state index in [4.69, 9.17) is 14.2 Å². The van der Waals surface area contributed by atoms with Gasteiger partial charge in [-0.1, -0.05) is 102 Å². The van der Waals surface area contributed by atoms with Gasteiger partial charge in [-0.05, 0) is 102 Å². The molecule has 464 valence electrons. The molecule has 0 aliphatic rings. The highest BCUT2D eigenvalue weighted by molar-refractivity contribution is 5.98. The highest BCUT2D eigenvalue weighted by atomic mass is 16.6. The molecule has 3 N–H and O–H groups in total. The van der Waals surface area contributed by atoms with Crippen molar-refractivity contribution in [2.45, 2.75) is 231 Å². The number of nitrogens with one attached hydrogen (secondary N) is 3. The highest BCUT2D eigenvalue weighted by Gasteiger charge is 2.43. The smallest absolute Gasteiger partial charge is 0.408 e. The van der Waals surface area contributed by atoms with Crippen LogP contribution in [0.5, 0.6) is 0 Å². The number of esters is 2. The molecule has 20 nitrogen and oxygen atoms in total. The molecule has 0 unspecified atom stereocenters. The molecule has 81 heavy (non-hydrogen) atoms. The van der Waals surface area contributed by atoms with Crippen molar-refractivity contribution in [2.75, 3.05) is 28.3 Å². The Morgan fingerprint density at radius 3 is 1.53 bits per heavy atom. The zero-order chi connectivity index (χ0) is 63.1. The van der Waals surface area contributed by atoms with Crippen LogP contribution in [-0.4, -0.2) is 156 Å². The normalized spacial score (nSPS) is 16.0. The first-order chi connectivity index (χ1) is 37.3. The fraction of sp³-hybridized carbons (Fsp3) is 0.787. The number of likely N-dealkylation sites (N-methyl/N-ethyl adjacent to an activating group) is 3. The van der Waals surface area contributed by atoms with Crippen LogP contribution in [0.25, 0.3) is 0 Å². The van der Waals surface area contributed by atoms with Crippen LogP contribution >= 0.6 is 0 Å². The molecule has 0 heterocycles. The number of rotatable bonds is 35. The van der Waals surface area contributed by atoms with Gasteiger partial charge in [0.2, 0.25) is 29.5 Å². The molecule has 0 fully saturated rings. The van der Waals surface area contributed by atoms with Crippen molar-refractivity contribution in [3.63, 3.8) is 0 Å². The molecule has 0 spiro atoms. The van der Waals surface area contributed by atoms with E-state index in [9.17, 15) is 52.7 Å². The van der Waals surface area contributed by atoms with Gasteiger partial charge in [0.15, 0.2) is 17.3 Å². The summed E-state index contributed by atoms with van der Waals surface area (Å²) in [6.45, 7) is 33.1. The zero-order valence-electron chi connectivity index (χ0n) is 53.6. The molecule has 0 bridgehead atoms. The summed E-state index contributed by atoms with van der Waals surface area (Å²) < 4.78 is 16.1. The molecule has 0 aliphatic heterocycles. The van der Waals surface area contributed by atoms with Crippen molar-refractivity contribution in [1.82, 2.24) is 30.7 Å². The molecular formula is C61H106N6O14. The Bertz CT molecular complexity index is 2150. The third-order valence-corrected chi connectivity index (χ3v) is 14.3. The Morgan fingerprint density at radius 2 is 1.10 bits per heavy atom. The lowest BCUT2D eigenvalue weighted by molar-refractivity contribution is -0.158. The van der Waals surface area contributed by atoms with Gasteiger partial charge in [-0.3, -0.25) is 43.2 Å². The zero-order valence-corrected chi connectivity index (χ0v) is 53.6. The Hall–Kier alpha value is -5.69. The molecule has 0 aliphatic carbocycles. The van der Waals surface area contributed by atoms with Crippen LogP contribution < -0.4 is 16.0 Å². The average Bonchev–Trinajstić information content (AvgIpc) is 3.35. The van der Waals surface area contributed by atoms with E-state index in [1.807, 2.05) is 60.6 Å². The third kappa shape index (κ3) is 25.6. The van der Waals surface area contributed by atoms with E-state index in [1.165, 1.54) is 56.8 Å². The van der Waals surface area contributed by atoms with E-state index in [0.717, 1.165) is 0 Å². The molecule has 20 heteroatoms. The number of nitrogens with zero attached hydrogens (tertiary/aromatic N) is 3. The van der Waals surface area contributed by atoms with Gasteiger partial charge >= 0.3 is 18.0 Å². The van der Waals surface area contributed by atoms with Crippen molar-refractivity contribution >= 4 is 64.9 Å². The van der Waals surface area contributed by atoms with Crippen LogP contribution in [0.2, 0.25) is 0 Å². The van der Waals surface area contributed by atoms with Crippen LogP contribution in [0.1, 0.15) is 183 Å². The second-order valence-corrected chi connectivity index (χ2v) is 25.1. The number of carbonyl (C=O) groups excluding carboxylic acids is 11. The lowest BCUT2D eigenvalue weighted by atomic mass is 9.82. The van der Waals surface area contributed by atoms with Gasteiger partial charge < -0.3 is 44.9 Å². The van der Waals surface area contributed by atoms with Crippen LogP contribution in [0, 0.1) is 53.3 Å². The van der Waals surface area contributed by atoms with Gasteiger partial charge in [-0.15, -0.1) is 0 Å². The number of Topliss-reactive ketones (excluding diaryl/α,β-unsaturated/α-hetero) is 3. The van der Waals surface area contributed by atoms with Gasteiger partial charge in [0, 0.05) is 59.2 Å². The number of ether oxygens (including phenoxy) is 3. The SMILES string of the molecule is C/C=C/C[C@@H](C)[C@@H](OC(C)=O)[C@H](CC(=O)[C@H](C(C)C)N(C)C(=O)[C@@H](CC(=O)[C@H](CC(C)C)N(C)C(=O)[C@@H](C)NC(=O)[C@H](C)CC(=O)[C@H](CC(C)C)N(C)C(=O)[C@@H](NC(=O)OC(C)(C)C)C(C)C)CC(C)C)C(=O)N[C@@H](CC)C(=O)OC. The maximum Gasteiger partial charge on any atom is 0.408 e. The van der Waals surface area contributed by atoms with Crippen LogP contribution in [0.4, 0.5) is 4.79 Å². The predicted molar refractivity (Wildman–Crippen MR) is 312 cm³/mol. The monoisotopic (exact) mass is 1150 g/mol. The molecule has 6 amide bonds. The number of ketones is 3. The van der Waals surface area contributed by atoms with Crippen molar-refractivity contribution in [3.05, 3.63) is 12.2 Å². The Labute approximate surface area is 485 Å². The van der Waals surface area contributed by atoms with Crippen molar-refractivity contribution < 1.29 is 67.0 Å². The minimum absolute atomic E-state index is 0.0260. The Kier molecular flexibility index (Phi) is 32.9. The first-order valence-electron chi connectivity index (χ1n) is 29.1. The van der Waals surface area contributed by atoms with Gasteiger partial charge in [0.25, 0.3) is 0 Å². The second-order valence-electron chi connectivity index (χ2n) is 25.1. The van der Waals surface area contributed by atoms with Gasteiger partial charge in [0.1, 0.15) is 29.8 Å². The summed E-state index contributed by atoms with van der Waals surface area (Å²) in [5.41, 5.74) is -0.808. The number of hydrogen-bond donors (Lipinski definition) is 3. The fourth-order valence-electron chi connectivity index (χ4n) is 10.0. The van der Waals surface area contributed by atoms with E-state index in [1.54, 1.807) is 69.2 Å². The van der Waals surface area contributed by atoms with E-state index in [-0.39, 0.29) is 68.0 Å². The number of methoxy groups -OCH3 is 1. The Balaban J connectivity index is 6.81. The lowest BCUT2D eigenvalue weighted by Gasteiger charge is -2.36. The number of hydrogen-bond acceptors (Lipinski definition) is 14. The topological polar surface area (TPSA) is 261 Å². The van der Waals surface area contributed by atoms with Gasteiger partial charge in [0.05, 0.1) is 31.2 Å². The van der Waals surface area contributed by atoms with E-state index >= 15 is 0 Å². The van der Waals surface area contributed by atoms with E-state index in [2.05, 4.69) is 16.0 Å². The largest absolute Gasteiger partial charge is 0.467 e. The summed E-state index contributed by atoms with van der Waals surface area (Å²) in [5, 5.41) is 8.06. The number of allylic oxidation sites excluding steroid dienone is 2. The van der Waals surface area contributed by atoms with Crippen LogP contribution in [0.3, 0.4) is 0 Å². The van der Waals surface area contributed by atoms with Crippen LogP contribution in [-0.2, 0) is 62.2 Å². The third-order valence-electron chi connectivity index (χ3n) is 14.3. The molecule has 0 aromatic heterocycles. The molecular weight excluding hydrogens is 1040 g/mol. The van der Waals surface area contributed by atoms with Crippen molar-refractivity contribution in [1.29, 1.82) is 0 Å². The summed E-state index contributed by atoms with van der Waals surface area (Å²) in [6, 6.07) is -6.25. The average molecular weight is 1150 g/mol. The maximum atomic E-state index is 14.8. The molecule has 0 saturated carbocycles.